The molecule has 0 bridgehead atoms. The summed E-state index contributed by atoms with van der Waals surface area (Å²) in [5, 5.41) is 9.22. The van der Waals surface area contributed by atoms with Crippen LogP contribution in [0.4, 0.5) is 5.69 Å². The van der Waals surface area contributed by atoms with Crippen LogP contribution in [0.15, 0.2) is 24.3 Å². The van der Waals surface area contributed by atoms with E-state index in [1.165, 1.54) is 0 Å². The lowest BCUT2D eigenvalue weighted by Crippen LogP contribution is -2.32. The van der Waals surface area contributed by atoms with E-state index in [-0.39, 0.29) is 12.2 Å². The molecule has 2 aliphatic heterocycles. The molecule has 0 saturated carbocycles. The average molecular weight is 249 g/mol. The molecule has 3 rings (SSSR count). The molecular weight excluding hydrogens is 234 g/mol. The minimum atomic E-state index is -0.899. The van der Waals surface area contributed by atoms with Gasteiger partial charge in [-0.2, -0.15) is 0 Å². The van der Waals surface area contributed by atoms with Crippen LogP contribution in [-0.2, 0) is 9.47 Å². The van der Waals surface area contributed by atoms with Gasteiger partial charge in [-0.1, -0.05) is 12.1 Å². The fraction of sp³-hybridized carbons (Fsp3) is 0.462. The molecule has 2 unspecified atom stereocenters. The fourth-order valence-corrected chi connectivity index (χ4v) is 2.04. The van der Waals surface area contributed by atoms with Crippen molar-refractivity contribution in [2.24, 2.45) is 0 Å². The molecule has 1 N–H and O–H groups in total. The summed E-state index contributed by atoms with van der Waals surface area (Å²) in [5.74, 6) is -0.899. The van der Waals surface area contributed by atoms with Crippen molar-refractivity contribution in [2.45, 2.75) is 12.2 Å². The van der Waals surface area contributed by atoms with Crippen molar-refractivity contribution in [3.63, 3.8) is 0 Å². The number of rotatable bonds is 6. The molecule has 0 aromatic heterocycles. The number of carbonyl (C=O) groups is 1. The molecule has 0 radical (unpaired) electrons. The van der Waals surface area contributed by atoms with Crippen LogP contribution >= 0.6 is 0 Å². The van der Waals surface area contributed by atoms with Crippen molar-refractivity contribution >= 4 is 11.7 Å². The zero-order chi connectivity index (χ0) is 12.5. The Balaban J connectivity index is 1.84. The highest BCUT2D eigenvalue weighted by molar-refractivity contribution is 5.94. The van der Waals surface area contributed by atoms with Gasteiger partial charge in [-0.3, -0.25) is 0 Å². The SMILES string of the molecule is O=C(O)c1ccccc1N(CC1CO1)CC1CO1. The van der Waals surface area contributed by atoms with Gasteiger partial charge in [0, 0.05) is 13.1 Å². The first-order valence-electron chi connectivity index (χ1n) is 6.04. The first-order valence-corrected chi connectivity index (χ1v) is 6.04. The van der Waals surface area contributed by atoms with E-state index in [0.29, 0.717) is 5.56 Å². The molecule has 2 saturated heterocycles. The highest BCUT2D eigenvalue weighted by Gasteiger charge is 2.32. The third kappa shape index (κ3) is 2.63. The Labute approximate surface area is 105 Å². The average Bonchev–Trinajstić information content (AvgIpc) is 3.23. The number of para-hydroxylation sites is 1. The third-order valence-electron chi connectivity index (χ3n) is 3.13. The van der Waals surface area contributed by atoms with Crippen molar-refractivity contribution < 1.29 is 19.4 Å². The lowest BCUT2D eigenvalue weighted by molar-refractivity contribution is 0.0697. The highest BCUT2D eigenvalue weighted by Crippen LogP contribution is 2.25. The zero-order valence-corrected chi connectivity index (χ0v) is 9.91. The molecule has 0 aliphatic carbocycles. The first-order chi connectivity index (χ1) is 8.74. The van der Waals surface area contributed by atoms with Gasteiger partial charge in [0.05, 0.1) is 36.7 Å². The summed E-state index contributed by atoms with van der Waals surface area (Å²) in [6, 6.07) is 7.07. The Morgan fingerprint density at radius 2 is 1.78 bits per heavy atom. The highest BCUT2D eigenvalue weighted by atomic mass is 16.6. The van der Waals surface area contributed by atoms with Gasteiger partial charge in [-0.25, -0.2) is 4.79 Å². The number of carboxylic acids is 1. The predicted molar refractivity (Wildman–Crippen MR) is 65.1 cm³/mol. The minimum Gasteiger partial charge on any atom is -0.478 e. The minimum absolute atomic E-state index is 0.227. The third-order valence-corrected chi connectivity index (χ3v) is 3.13. The zero-order valence-electron chi connectivity index (χ0n) is 9.91. The van der Waals surface area contributed by atoms with Gasteiger partial charge < -0.3 is 19.5 Å². The largest absolute Gasteiger partial charge is 0.478 e. The topological polar surface area (TPSA) is 65.6 Å². The second kappa shape index (κ2) is 4.59. The Morgan fingerprint density at radius 3 is 2.28 bits per heavy atom. The summed E-state index contributed by atoms with van der Waals surface area (Å²) in [5.41, 5.74) is 1.08. The molecule has 2 fully saturated rings. The van der Waals surface area contributed by atoms with Gasteiger partial charge in [0.25, 0.3) is 0 Å². The van der Waals surface area contributed by atoms with Crippen molar-refractivity contribution in [1.82, 2.24) is 0 Å². The Bertz CT molecular complexity index is 440. The quantitative estimate of drug-likeness (QED) is 0.761. The molecule has 5 nitrogen and oxygen atoms in total. The van der Waals surface area contributed by atoms with Crippen LogP contribution in [-0.4, -0.2) is 49.6 Å². The number of anilines is 1. The molecule has 2 aliphatic rings. The lowest BCUT2D eigenvalue weighted by Gasteiger charge is -2.24. The summed E-state index contributed by atoms with van der Waals surface area (Å²) >= 11 is 0. The number of hydrogen-bond donors (Lipinski definition) is 1. The van der Waals surface area contributed by atoms with Gasteiger partial charge in [0.2, 0.25) is 0 Å². The molecular formula is C13H15NO4. The van der Waals surface area contributed by atoms with Crippen molar-refractivity contribution in [3.8, 4) is 0 Å². The van der Waals surface area contributed by atoms with Crippen molar-refractivity contribution in [1.29, 1.82) is 0 Å². The van der Waals surface area contributed by atoms with Crippen LogP contribution in [0.3, 0.4) is 0 Å². The smallest absolute Gasteiger partial charge is 0.337 e. The van der Waals surface area contributed by atoms with Crippen LogP contribution in [0, 0.1) is 0 Å². The van der Waals surface area contributed by atoms with E-state index >= 15 is 0 Å². The van der Waals surface area contributed by atoms with Crippen LogP contribution in [0.5, 0.6) is 0 Å². The summed E-state index contributed by atoms with van der Waals surface area (Å²) in [6.07, 6.45) is 0.455. The standard InChI is InChI=1S/C13H15NO4/c15-13(16)11-3-1-2-4-12(11)14(5-9-7-17-9)6-10-8-18-10/h1-4,9-10H,5-8H2,(H,15,16). The van der Waals surface area contributed by atoms with E-state index in [4.69, 9.17) is 9.47 Å². The van der Waals surface area contributed by atoms with E-state index in [1.54, 1.807) is 12.1 Å². The molecule has 0 amide bonds. The second-order valence-electron chi connectivity index (χ2n) is 4.64. The van der Waals surface area contributed by atoms with E-state index in [9.17, 15) is 9.90 Å². The lowest BCUT2D eigenvalue weighted by atomic mass is 10.1. The monoisotopic (exact) mass is 249 g/mol. The summed E-state index contributed by atoms with van der Waals surface area (Å²) < 4.78 is 10.5. The summed E-state index contributed by atoms with van der Waals surface area (Å²) in [7, 11) is 0. The van der Waals surface area contributed by atoms with E-state index in [1.807, 2.05) is 12.1 Å². The number of nitrogens with zero attached hydrogens (tertiary/aromatic N) is 1. The molecule has 2 heterocycles. The van der Waals surface area contributed by atoms with Gasteiger partial charge in [-0.15, -0.1) is 0 Å². The molecule has 1 aromatic carbocycles. The van der Waals surface area contributed by atoms with E-state index in [2.05, 4.69) is 4.90 Å². The Kier molecular flexibility index (Phi) is 2.93. The maximum Gasteiger partial charge on any atom is 0.337 e. The van der Waals surface area contributed by atoms with Gasteiger partial charge in [0.1, 0.15) is 0 Å². The van der Waals surface area contributed by atoms with Crippen molar-refractivity contribution in [2.75, 3.05) is 31.2 Å². The van der Waals surface area contributed by atoms with E-state index in [0.717, 1.165) is 32.0 Å². The molecule has 2 atom stereocenters. The van der Waals surface area contributed by atoms with E-state index < -0.39 is 5.97 Å². The number of benzene rings is 1. The van der Waals surface area contributed by atoms with Gasteiger partial charge in [-0.05, 0) is 12.1 Å². The number of ether oxygens (including phenoxy) is 2. The van der Waals surface area contributed by atoms with Crippen LogP contribution in [0.2, 0.25) is 0 Å². The molecule has 5 heteroatoms. The Morgan fingerprint density at radius 1 is 1.22 bits per heavy atom. The number of epoxide rings is 2. The predicted octanol–water partition coefficient (Wildman–Crippen LogP) is 0.989. The number of aromatic carboxylic acids is 1. The molecule has 0 spiro atoms. The van der Waals surface area contributed by atoms with Crippen LogP contribution in [0.25, 0.3) is 0 Å². The van der Waals surface area contributed by atoms with Crippen LogP contribution < -0.4 is 4.90 Å². The second-order valence-corrected chi connectivity index (χ2v) is 4.64. The maximum absolute atomic E-state index is 11.2. The molecule has 1 aromatic rings. The molecule has 18 heavy (non-hydrogen) atoms. The summed E-state index contributed by atoms with van der Waals surface area (Å²) in [4.78, 5) is 13.3. The van der Waals surface area contributed by atoms with Gasteiger partial charge >= 0.3 is 5.97 Å². The Hall–Kier alpha value is -1.59. The van der Waals surface area contributed by atoms with Crippen LogP contribution in [0.1, 0.15) is 10.4 Å². The van der Waals surface area contributed by atoms with Gasteiger partial charge in [0.15, 0.2) is 0 Å². The van der Waals surface area contributed by atoms with Crippen molar-refractivity contribution in [3.05, 3.63) is 29.8 Å². The summed E-state index contributed by atoms with van der Waals surface area (Å²) in [6.45, 7) is 2.98. The number of carboxylic acid groups (broad SMARTS) is 1. The normalized spacial score (nSPS) is 24.7. The fourth-order valence-electron chi connectivity index (χ4n) is 2.04. The number of hydrogen-bond acceptors (Lipinski definition) is 4. The molecule has 96 valence electrons. The first kappa shape index (κ1) is 11.5. The maximum atomic E-state index is 11.2.